The Kier molecular flexibility index (Phi) is 7.00. The van der Waals surface area contributed by atoms with E-state index in [2.05, 4.69) is 73.4 Å². The first-order valence-electron chi connectivity index (χ1n) is 10.4. The molecule has 0 unspecified atom stereocenters. The second kappa shape index (κ2) is 9.90. The summed E-state index contributed by atoms with van der Waals surface area (Å²) in [5.41, 5.74) is 3.59. The quantitative estimate of drug-likeness (QED) is 0.355. The van der Waals surface area contributed by atoms with E-state index in [-0.39, 0.29) is 5.91 Å². The van der Waals surface area contributed by atoms with Gasteiger partial charge in [-0.1, -0.05) is 103 Å². The van der Waals surface area contributed by atoms with Crippen LogP contribution in [0, 0.1) is 0 Å². The fraction of sp³-hybridized carbons (Fsp3) is 0.200. The van der Waals surface area contributed by atoms with Crippen LogP contribution >= 0.6 is 35.7 Å². The van der Waals surface area contributed by atoms with Crippen molar-refractivity contribution in [2.45, 2.75) is 20.3 Å². The molecule has 1 amide bonds. The van der Waals surface area contributed by atoms with Crippen LogP contribution in [0.1, 0.15) is 31.4 Å². The van der Waals surface area contributed by atoms with E-state index in [0.717, 1.165) is 18.0 Å². The second-order valence-electron chi connectivity index (χ2n) is 7.12. The summed E-state index contributed by atoms with van der Waals surface area (Å²) in [4.78, 5) is 18.7. The van der Waals surface area contributed by atoms with Crippen LogP contribution in [0.2, 0.25) is 0 Å². The minimum absolute atomic E-state index is 0.0132. The van der Waals surface area contributed by atoms with Crippen LogP contribution in [0.25, 0.3) is 10.6 Å². The molecule has 2 aromatic carbocycles. The van der Waals surface area contributed by atoms with Gasteiger partial charge in [0.2, 0.25) is 0 Å². The van der Waals surface area contributed by atoms with Gasteiger partial charge in [0.25, 0.3) is 5.91 Å². The average Bonchev–Trinajstić information content (AvgIpc) is 3.31. The molecule has 0 bridgehead atoms. The predicted octanol–water partition coefficient (Wildman–Crippen LogP) is 6.58. The van der Waals surface area contributed by atoms with E-state index in [9.17, 15) is 4.79 Å². The monoisotopic (exact) mass is 464 g/mol. The van der Waals surface area contributed by atoms with Gasteiger partial charge >= 0.3 is 0 Å². The van der Waals surface area contributed by atoms with Crippen molar-refractivity contribution in [3.63, 3.8) is 0 Å². The molecule has 1 saturated heterocycles. The molecule has 2 aromatic rings. The van der Waals surface area contributed by atoms with Gasteiger partial charge in [0.1, 0.15) is 4.32 Å². The van der Waals surface area contributed by atoms with Crippen molar-refractivity contribution in [2.75, 3.05) is 13.1 Å². The topological polar surface area (TPSA) is 23.6 Å². The number of amides is 1. The lowest BCUT2D eigenvalue weighted by Gasteiger charge is -2.21. The first kappa shape index (κ1) is 21.9. The van der Waals surface area contributed by atoms with Gasteiger partial charge in [-0.05, 0) is 36.6 Å². The number of benzene rings is 2. The summed E-state index contributed by atoms with van der Waals surface area (Å²) in [7, 11) is 0. The van der Waals surface area contributed by atoms with Crippen molar-refractivity contribution in [1.29, 1.82) is 0 Å². The van der Waals surface area contributed by atoms with E-state index in [1.807, 2.05) is 18.2 Å². The first-order valence-corrected chi connectivity index (χ1v) is 12.4. The summed E-state index contributed by atoms with van der Waals surface area (Å²) in [6.07, 6.45) is 4.88. The fourth-order valence-electron chi connectivity index (χ4n) is 3.62. The van der Waals surface area contributed by atoms with Crippen molar-refractivity contribution in [3.05, 3.63) is 93.9 Å². The number of hydrogen-bond acceptors (Lipinski definition) is 5. The Morgan fingerprint density at radius 1 is 0.871 bits per heavy atom. The van der Waals surface area contributed by atoms with Crippen LogP contribution in [-0.2, 0) is 4.79 Å². The molecule has 0 spiro atoms. The number of carbonyl (C=O) groups excluding carboxylic acids is 1. The smallest absolute Gasteiger partial charge is 0.266 e. The molecule has 4 rings (SSSR count). The van der Waals surface area contributed by atoms with Crippen molar-refractivity contribution in [3.8, 4) is 0 Å². The van der Waals surface area contributed by atoms with Gasteiger partial charge in [-0.15, -0.1) is 0 Å². The van der Waals surface area contributed by atoms with Gasteiger partial charge in [0.05, 0.1) is 15.6 Å². The maximum atomic E-state index is 12.7. The molecule has 1 fully saturated rings. The summed E-state index contributed by atoms with van der Waals surface area (Å²) in [6, 6.07) is 21.0. The van der Waals surface area contributed by atoms with E-state index < -0.39 is 0 Å². The van der Waals surface area contributed by atoms with Crippen molar-refractivity contribution < 1.29 is 4.79 Å². The lowest BCUT2D eigenvalue weighted by Crippen LogP contribution is -2.28. The molecule has 0 atom stereocenters. The Morgan fingerprint density at radius 2 is 1.52 bits per heavy atom. The minimum Gasteiger partial charge on any atom is -0.335 e. The van der Waals surface area contributed by atoms with Crippen LogP contribution in [0.15, 0.2) is 82.7 Å². The maximum absolute atomic E-state index is 12.7. The third kappa shape index (κ3) is 4.52. The number of allylic oxidation sites excluding steroid dienone is 2. The van der Waals surface area contributed by atoms with Crippen LogP contribution in [0.5, 0.6) is 0 Å². The number of rotatable bonds is 6. The Balaban J connectivity index is 1.72. The zero-order valence-electron chi connectivity index (χ0n) is 17.6. The lowest BCUT2D eigenvalue weighted by molar-refractivity contribution is -0.122. The summed E-state index contributed by atoms with van der Waals surface area (Å²) in [6.45, 7) is 5.72. The molecule has 3 nitrogen and oxygen atoms in total. The molecule has 0 N–H and O–H groups in total. The van der Waals surface area contributed by atoms with Crippen LogP contribution in [0.4, 0.5) is 0 Å². The zero-order chi connectivity index (χ0) is 21.8. The Hall–Kier alpha value is -2.28. The Morgan fingerprint density at radius 3 is 2.13 bits per heavy atom. The SMILES string of the molecule is CCCN1C(=O)/C(=C/C=C2/SC(c3ccccc3)=C(c3ccccc3)N2CC)SC1=S. The van der Waals surface area contributed by atoms with Gasteiger partial charge in [0, 0.05) is 18.0 Å². The van der Waals surface area contributed by atoms with E-state index in [0.29, 0.717) is 15.8 Å². The van der Waals surface area contributed by atoms with Gasteiger partial charge in [0.15, 0.2) is 0 Å². The van der Waals surface area contributed by atoms with E-state index >= 15 is 0 Å². The standard InChI is InChI=1S/C25H24N2OS3/c1-3-17-27-24(28)20(30-25(27)29)15-16-21-26(4-2)22(18-11-7-5-8-12-18)23(31-21)19-13-9-6-10-14-19/h5-16H,3-4,17H2,1-2H3/b20-15-,21-16+. The lowest BCUT2D eigenvalue weighted by atomic mass is 10.1. The summed E-state index contributed by atoms with van der Waals surface area (Å²) >= 11 is 8.55. The van der Waals surface area contributed by atoms with E-state index in [1.165, 1.54) is 33.5 Å². The average molecular weight is 465 g/mol. The van der Waals surface area contributed by atoms with Crippen LogP contribution in [-0.4, -0.2) is 33.1 Å². The second-order valence-corrected chi connectivity index (χ2v) is 9.82. The highest BCUT2D eigenvalue weighted by Gasteiger charge is 2.32. The molecule has 6 heteroatoms. The third-order valence-corrected chi connectivity index (χ3v) is 7.65. The van der Waals surface area contributed by atoms with Crippen LogP contribution < -0.4 is 0 Å². The molecular weight excluding hydrogens is 440 g/mol. The normalized spacial score (nSPS) is 19.4. The molecule has 0 aromatic heterocycles. The van der Waals surface area contributed by atoms with Crippen molar-refractivity contribution in [2.24, 2.45) is 0 Å². The zero-order valence-corrected chi connectivity index (χ0v) is 20.0. The number of thioether (sulfide) groups is 2. The Bertz CT molecular complexity index is 1070. The summed E-state index contributed by atoms with van der Waals surface area (Å²) in [5, 5.41) is 1.11. The van der Waals surface area contributed by atoms with E-state index in [1.54, 1.807) is 16.7 Å². The summed E-state index contributed by atoms with van der Waals surface area (Å²) < 4.78 is 0.649. The highest BCUT2D eigenvalue weighted by molar-refractivity contribution is 8.26. The largest absolute Gasteiger partial charge is 0.335 e. The van der Waals surface area contributed by atoms with E-state index in [4.69, 9.17) is 12.2 Å². The molecule has 0 saturated carbocycles. The number of hydrogen-bond donors (Lipinski definition) is 0. The molecule has 2 aliphatic heterocycles. The van der Waals surface area contributed by atoms with Crippen molar-refractivity contribution in [1.82, 2.24) is 9.80 Å². The molecule has 158 valence electrons. The van der Waals surface area contributed by atoms with Gasteiger partial charge < -0.3 is 4.90 Å². The highest BCUT2D eigenvalue weighted by Crippen LogP contribution is 2.50. The Labute approximate surface area is 197 Å². The predicted molar refractivity (Wildman–Crippen MR) is 138 cm³/mol. The van der Waals surface area contributed by atoms with Gasteiger partial charge in [-0.2, -0.15) is 0 Å². The maximum Gasteiger partial charge on any atom is 0.266 e. The number of nitrogens with zero attached hydrogens (tertiary/aromatic N) is 2. The first-order chi connectivity index (χ1) is 15.1. The van der Waals surface area contributed by atoms with Gasteiger partial charge in [-0.3, -0.25) is 9.69 Å². The van der Waals surface area contributed by atoms with Gasteiger partial charge in [-0.25, -0.2) is 0 Å². The van der Waals surface area contributed by atoms with Crippen LogP contribution in [0.3, 0.4) is 0 Å². The van der Waals surface area contributed by atoms with Crippen molar-refractivity contribution >= 4 is 56.6 Å². The number of carbonyl (C=O) groups is 1. The fourth-order valence-corrected chi connectivity index (χ4v) is 6.13. The highest BCUT2D eigenvalue weighted by atomic mass is 32.2. The third-order valence-electron chi connectivity index (χ3n) is 5.06. The molecule has 0 aliphatic carbocycles. The minimum atomic E-state index is 0.0132. The molecule has 31 heavy (non-hydrogen) atoms. The molecule has 2 heterocycles. The number of thiocarbonyl (C=S) groups is 1. The molecular formula is C25H24N2OS3. The molecule has 0 radical (unpaired) electrons. The summed E-state index contributed by atoms with van der Waals surface area (Å²) in [5.74, 6) is 0.0132. The molecule has 2 aliphatic rings.